The standard InChI is InChI=1S/C33H51N9O4/c1-5-9-21(2)10-6-13-29-40-32(46-41-29)27(12-7-14-34)38-31(45)28(20-25-22(3)18-24(43)19-23(25)4)39-30(44)26(35)11-8-16-42-17-15-37-33(42)36/h5,15,17-19,21,26-28,43H,1,6-14,16,20,34-35H2,2-4H3,(H2,36,37)(H,38,45)(H,39,44)/t21?,26-,27-,28+/m1/s1. The Labute approximate surface area is 271 Å². The summed E-state index contributed by atoms with van der Waals surface area (Å²) in [6.07, 6.45) is 11.1. The number of anilines is 1. The molecule has 252 valence electrons. The summed E-state index contributed by atoms with van der Waals surface area (Å²) in [6.45, 7) is 10.7. The SMILES string of the molecule is C=CCC(C)CCCc1noc([C@@H](CCCN)NC(=O)[C@H](Cc2c(C)cc(O)cc2C)NC(=O)[C@H](N)CCCn2ccnc2N)n1. The van der Waals surface area contributed by atoms with E-state index in [2.05, 4.69) is 39.3 Å². The second-order valence-electron chi connectivity index (χ2n) is 12.1. The first-order chi connectivity index (χ1) is 22.0. The van der Waals surface area contributed by atoms with Crippen molar-refractivity contribution >= 4 is 17.8 Å². The van der Waals surface area contributed by atoms with Gasteiger partial charge in [-0.15, -0.1) is 6.58 Å². The van der Waals surface area contributed by atoms with Crippen molar-refractivity contribution in [2.45, 2.75) is 103 Å². The Kier molecular flexibility index (Phi) is 14.2. The summed E-state index contributed by atoms with van der Waals surface area (Å²) in [5.74, 6) is 1.07. The number of imidazole rings is 1. The lowest BCUT2D eigenvalue weighted by Gasteiger charge is -2.24. The van der Waals surface area contributed by atoms with E-state index in [4.69, 9.17) is 21.7 Å². The molecule has 1 aromatic carbocycles. The van der Waals surface area contributed by atoms with Crippen molar-refractivity contribution in [3.05, 3.63) is 65.6 Å². The van der Waals surface area contributed by atoms with E-state index in [1.807, 2.05) is 19.9 Å². The number of aromatic hydroxyl groups is 1. The van der Waals surface area contributed by atoms with E-state index in [1.54, 1.807) is 29.1 Å². The van der Waals surface area contributed by atoms with Crippen molar-refractivity contribution in [2.75, 3.05) is 12.3 Å². The maximum atomic E-state index is 13.9. The number of nitrogens with one attached hydrogen (secondary N) is 2. The quantitative estimate of drug-likeness (QED) is 0.0996. The van der Waals surface area contributed by atoms with Crippen molar-refractivity contribution in [3.63, 3.8) is 0 Å². The average Bonchev–Trinajstić information content (AvgIpc) is 3.65. The number of phenolic OH excluding ortho intramolecular Hbond substituents is 1. The molecule has 0 aliphatic rings. The molecular formula is C33H51N9O4. The summed E-state index contributed by atoms with van der Waals surface area (Å²) in [5, 5.41) is 20.1. The number of carbonyl (C=O) groups is 2. The minimum Gasteiger partial charge on any atom is -0.508 e. The van der Waals surface area contributed by atoms with E-state index in [0.717, 1.165) is 36.0 Å². The third kappa shape index (κ3) is 11.0. The van der Waals surface area contributed by atoms with Crippen LogP contribution in [-0.4, -0.2) is 55.2 Å². The van der Waals surface area contributed by atoms with Crippen LogP contribution in [0.5, 0.6) is 5.75 Å². The van der Waals surface area contributed by atoms with Crippen molar-refractivity contribution in [1.29, 1.82) is 0 Å². The minimum absolute atomic E-state index is 0.133. The number of carbonyl (C=O) groups excluding carboxylic acids is 2. The number of hydrogen-bond donors (Lipinski definition) is 6. The first-order valence-electron chi connectivity index (χ1n) is 16.1. The fourth-order valence-electron chi connectivity index (χ4n) is 5.50. The number of phenols is 1. The van der Waals surface area contributed by atoms with E-state index in [0.29, 0.717) is 68.8 Å². The summed E-state index contributed by atoms with van der Waals surface area (Å²) < 4.78 is 7.38. The Morgan fingerprint density at radius 3 is 2.50 bits per heavy atom. The summed E-state index contributed by atoms with van der Waals surface area (Å²) >= 11 is 0. The molecule has 0 saturated heterocycles. The number of nitrogen functional groups attached to an aromatic ring is 1. The molecule has 1 unspecified atom stereocenters. The van der Waals surface area contributed by atoms with Crippen LogP contribution >= 0.6 is 0 Å². The highest BCUT2D eigenvalue weighted by molar-refractivity contribution is 5.90. The molecule has 0 radical (unpaired) electrons. The maximum absolute atomic E-state index is 13.9. The van der Waals surface area contributed by atoms with Crippen LogP contribution in [0.25, 0.3) is 0 Å². The molecule has 46 heavy (non-hydrogen) atoms. The molecule has 2 heterocycles. The zero-order chi connectivity index (χ0) is 33.6. The van der Waals surface area contributed by atoms with E-state index in [1.165, 1.54) is 0 Å². The van der Waals surface area contributed by atoms with Crippen LogP contribution in [0.3, 0.4) is 0 Å². The van der Waals surface area contributed by atoms with Crippen LogP contribution in [0.4, 0.5) is 5.95 Å². The van der Waals surface area contributed by atoms with Crippen LogP contribution in [0.1, 0.15) is 86.3 Å². The fraction of sp³-hybridized carbons (Fsp3) is 0.545. The second-order valence-corrected chi connectivity index (χ2v) is 12.1. The van der Waals surface area contributed by atoms with Gasteiger partial charge in [-0.2, -0.15) is 4.98 Å². The molecule has 0 fully saturated rings. The normalized spacial score (nSPS) is 13.9. The lowest BCUT2D eigenvalue weighted by atomic mass is 9.95. The van der Waals surface area contributed by atoms with Crippen LogP contribution in [0, 0.1) is 19.8 Å². The lowest BCUT2D eigenvalue weighted by molar-refractivity contribution is -0.130. The van der Waals surface area contributed by atoms with Gasteiger partial charge in [-0.1, -0.05) is 18.2 Å². The summed E-state index contributed by atoms with van der Waals surface area (Å²) in [6, 6.07) is 0.873. The average molecular weight is 638 g/mol. The number of aryl methyl sites for hydroxylation is 4. The van der Waals surface area contributed by atoms with Crippen molar-refractivity contribution in [3.8, 4) is 5.75 Å². The molecule has 0 aliphatic carbocycles. The molecule has 2 amide bonds. The van der Waals surface area contributed by atoms with E-state index in [-0.39, 0.29) is 12.2 Å². The Hall–Kier alpha value is -4.23. The topological polar surface area (TPSA) is 213 Å². The number of hydrogen-bond acceptors (Lipinski definition) is 10. The van der Waals surface area contributed by atoms with Gasteiger partial charge < -0.3 is 42.0 Å². The summed E-state index contributed by atoms with van der Waals surface area (Å²) in [4.78, 5) is 35.8. The molecule has 0 bridgehead atoms. The largest absolute Gasteiger partial charge is 0.508 e. The van der Waals surface area contributed by atoms with Crippen LogP contribution in [-0.2, 0) is 29.0 Å². The Morgan fingerprint density at radius 2 is 1.85 bits per heavy atom. The van der Waals surface area contributed by atoms with Crippen LogP contribution in [0.15, 0.2) is 41.7 Å². The van der Waals surface area contributed by atoms with Gasteiger partial charge in [0, 0.05) is 31.8 Å². The first-order valence-corrected chi connectivity index (χ1v) is 16.1. The molecule has 0 saturated carbocycles. The Balaban J connectivity index is 1.74. The van der Waals surface area contributed by atoms with Gasteiger partial charge in [-0.25, -0.2) is 4.98 Å². The molecule has 0 aliphatic heterocycles. The highest BCUT2D eigenvalue weighted by atomic mass is 16.5. The molecule has 13 heteroatoms. The Bertz CT molecular complexity index is 1400. The monoisotopic (exact) mass is 637 g/mol. The van der Waals surface area contributed by atoms with Gasteiger partial charge in [0.1, 0.15) is 17.8 Å². The van der Waals surface area contributed by atoms with E-state index >= 15 is 0 Å². The van der Waals surface area contributed by atoms with Gasteiger partial charge in [0.05, 0.1) is 6.04 Å². The molecule has 3 rings (SSSR count). The number of rotatable bonds is 20. The van der Waals surface area contributed by atoms with E-state index < -0.39 is 29.9 Å². The predicted molar refractivity (Wildman–Crippen MR) is 177 cm³/mol. The van der Waals surface area contributed by atoms with Gasteiger partial charge in [-0.3, -0.25) is 9.59 Å². The van der Waals surface area contributed by atoms with Crippen LogP contribution < -0.4 is 27.8 Å². The number of nitrogens with two attached hydrogens (primary N) is 3. The highest BCUT2D eigenvalue weighted by Crippen LogP contribution is 2.23. The molecule has 3 aromatic rings. The van der Waals surface area contributed by atoms with Crippen LogP contribution in [0.2, 0.25) is 0 Å². The van der Waals surface area contributed by atoms with Crippen molar-refractivity contribution < 1.29 is 19.2 Å². The molecule has 13 nitrogen and oxygen atoms in total. The number of aromatic nitrogens is 4. The second kappa shape index (κ2) is 18.1. The molecule has 2 aromatic heterocycles. The van der Waals surface area contributed by atoms with Gasteiger partial charge in [0.25, 0.3) is 0 Å². The fourth-order valence-corrected chi connectivity index (χ4v) is 5.50. The molecular weight excluding hydrogens is 586 g/mol. The van der Waals surface area contributed by atoms with Gasteiger partial charge in [0.15, 0.2) is 11.8 Å². The zero-order valence-corrected chi connectivity index (χ0v) is 27.4. The number of nitrogens with zero attached hydrogens (tertiary/aromatic N) is 4. The lowest BCUT2D eigenvalue weighted by Crippen LogP contribution is -2.53. The highest BCUT2D eigenvalue weighted by Gasteiger charge is 2.29. The first kappa shape index (κ1) is 36.2. The third-order valence-electron chi connectivity index (χ3n) is 8.18. The summed E-state index contributed by atoms with van der Waals surface area (Å²) in [7, 11) is 0. The predicted octanol–water partition coefficient (Wildman–Crippen LogP) is 3.14. The van der Waals surface area contributed by atoms with Gasteiger partial charge in [-0.05, 0) is 100 Å². The van der Waals surface area contributed by atoms with Crippen molar-refractivity contribution in [1.82, 2.24) is 30.3 Å². The zero-order valence-electron chi connectivity index (χ0n) is 27.4. The number of allylic oxidation sites excluding steroid dienone is 1. The smallest absolute Gasteiger partial charge is 0.249 e. The Morgan fingerprint density at radius 1 is 1.11 bits per heavy atom. The molecule has 9 N–H and O–H groups in total. The minimum atomic E-state index is -0.959. The van der Waals surface area contributed by atoms with Crippen molar-refractivity contribution in [2.24, 2.45) is 17.4 Å². The number of benzene rings is 1. The summed E-state index contributed by atoms with van der Waals surface area (Å²) in [5.41, 5.74) is 20.4. The molecule has 4 atom stereocenters. The van der Waals surface area contributed by atoms with E-state index in [9.17, 15) is 14.7 Å². The third-order valence-corrected chi connectivity index (χ3v) is 8.18. The maximum Gasteiger partial charge on any atom is 0.249 e. The van der Waals surface area contributed by atoms with Gasteiger partial charge in [0.2, 0.25) is 17.7 Å². The molecule has 0 spiro atoms. The van der Waals surface area contributed by atoms with Gasteiger partial charge >= 0.3 is 0 Å². The number of amides is 2.